The number of anilines is 2. The standard InChI is InChI=1S/C48H41N3O5/c1-30-17-18-33-15-9-10-16-37(33)43(30)29-56-44-28-36(55-2)20-19-34(44)25-42-46(52)49-48(54)51(47(42)53)35-26-40-38(31-11-5-3-6-12-31)21-23-50-24-22-39(41(27-35)45(40)50)32-13-7-4-8-14-32/h3-20,25-28,38-39H,21-24,29H2,1-2H3,(H,49,52,54)/b42-25+/t38-,39+. The molecule has 6 aromatic carbocycles. The number of barbiturate groups is 1. The first-order chi connectivity index (χ1) is 27.4. The van der Waals surface area contributed by atoms with Crippen molar-refractivity contribution < 1.29 is 23.9 Å². The fourth-order valence-electron chi connectivity index (χ4n) is 8.69. The summed E-state index contributed by atoms with van der Waals surface area (Å²) in [5, 5.41) is 4.66. The average Bonchev–Trinajstić information content (AvgIpc) is 3.23. The van der Waals surface area contributed by atoms with E-state index in [0.717, 1.165) is 63.9 Å². The summed E-state index contributed by atoms with van der Waals surface area (Å²) in [6.45, 7) is 4.13. The highest BCUT2D eigenvalue weighted by atomic mass is 16.5. The summed E-state index contributed by atoms with van der Waals surface area (Å²) < 4.78 is 12.0. The number of imide groups is 2. The Kier molecular flexibility index (Phi) is 9.09. The summed E-state index contributed by atoms with van der Waals surface area (Å²) in [4.78, 5) is 45.5. The molecular formula is C48H41N3O5. The summed E-state index contributed by atoms with van der Waals surface area (Å²) in [5.74, 6) is -0.334. The van der Waals surface area contributed by atoms with Crippen molar-refractivity contribution in [3.05, 3.63) is 172 Å². The van der Waals surface area contributed by atoms with Crippen LogP contribution in [0.1, 0.15) is 63.6 Å². The van der Waals surface area contributed by atoms with E-state index >= 15 is 0 Å². The fourth-order valence-corrected chi connectivity index (χ4v) is 8.69. The van der Waals surface area contributed by atoms with Gasteiger partial charge in [-0.05, 0) is 88.7 Å². The Labute approximate surface area is 326 Å². The van der Waals surface area contributed by atoms with Gasteiger partial charge in [0, 0.05) is 47.8 Å². The van der Waals surface area contributed by atoms with Gasteiger partial charge in [0.2, 0.25) is 0 Å². The second-order valence-electron chi connectivity index (χ2n) is 14.7. The minimum atomic E-state index is -0.780. The Bertz CT molecular complexity index is 2480. The fraction of sp³-hybridized carbons (Fsp3) is 0.188. The van der Waals surface area contributed by atoms with Crippen molar-refractivity contribution in [1.82, 2.24) is 5.32 Å². The summed E-state index contributed by atoms with van der Waals surface area (Å²) in [5.41, 5.74) is 8.57. The van der Waals surface area contributed by atoms with Gasteiger partial charge in [0.25, 0.3) is 11.8 Å². The van der Waals surface area contributed by atoms with E-state index in [-0.39, 0.29) is 24.0 Å². The Balaban J connectivity index is 1.13. The van der Waals surface area contributed by atoms with Crippen LogP contribution in [0.3, 0.4) is 0 Å². The predicted molar refractivity (Wildman–Crippen MR) is 219 cm³/mol. The zero-order valence-corrected chi connectivity index (χ0v) is 31.3. The van der Waals surface area contributed by atoms with Gasteiger partial charge in [0.15, 0.2) is 0 Å². The van der Waals surface area contributed by atoms with Crippen molar-refractivity contribution in [3.8, 4) is 11.5 Å². The highest BCUT2D eigenvalue weighted by Gasteiger charge is 2.40. The van der Waals surface area contributed by atoms with Crippen molar-refractivity contribution in [2.24, 2.45) is 0 Å². The molecule has 278 valence electrons. The number of hydrogen-bond acceptors (Lipinski definition) is 6. The van der Waals surface area contributed by atoms with E-state index < -0.39 is 17.8 Å². The van der Waals surface area contributed by atoms with E-state index in [0.29, 0.717) is 22.7 Å². The lowest BCUT2D eigenvalue weighted by atomic mass is 9.76. The maximum Gasteiger partial charge on any atom is 0.335 e. The second-order valence-corrected chi connectivity index (χ2v) is 14.7. The number of amides is 4. The SMILES string of the molecule is COc1ccc(/C=C2\C(=O)NC(=O)N(c3cc4c5c(c3)[C@H](c3ccccc3)CCN5CC[C@@H]4c3ccccc3)C2=O)c(OCc2c(C)ccc3ccccc23)c1. The Hall–Kier alpha value is -6.67. The number of nitrogens with zero attached hydrogens (tertiary/aromatic N) is 2. The number of benzene rings is 6. The Morgan fingerprint density at radius 1 is 0.750 bits per heavy atom. The molecule has 56 heavy (non-hydrogen) atoms. The molecule has 3 heterocycles. The first kappa shape index (κ1) is 35.1. The number of carbonyl (C=O) groups excluding carboxylic acids is 3. The van der Waals surface area contributed by atoms with Crippen LogP contribution in [0, 0.1) is 6.92 Å². The van der Waals surface area contributed by atoms with Crippen molar-refractivity contribution >= 4 is 46.1 Å². The van der Waals surface area contributed by atoms with Crippen LogP contribution in [0.4, 0.5) is 16.2 Å². The van der Waals surface area contributed by atoms with Crippen molar-refractivity contribution in [1.29, 1.82) is 0 Å². The van der Waals surface area contributed by atoms with Gasteiger partial charge in [0.05, 0.1) is 12.8 Å². The summed E-state index contributed by atoms with van der Waals surface area (Å²) >= 11 is 0. The monoisotopic (exact) mass is 739 g/mol. The average molecular weight is 740 g/mol. The van der Waals surface area contributed by atoms with Crippen LogP contribution in [0.2, 0.25) is 0 Å². The minimum Gasteiger partial charge on any atom is -0.497 e. The molecule has 0 aliphatic carbocycles. The first-order valence-corrected chi connectivity index (χ1v) is 19.1. The molecule has 0 radical (unpaired) electrons. The van der Waals surface area contributed by atoms with Crippen LogP contribution < -0.4 is 24.6 Å². The quantitative estimate of drug-likeness (QED) is 0.124. The zero-order chi connectivity index (χ0) is 38.3. The summed E-state index contributed by atoms with van der Waals surface area (Å²) in [6, 6.07) is 41.6. The van der Waals surface area contributed by atoms with Crippen LogP contribution in [0.15, 0.2) is 133 Å². The molecule has 0 spiro atoms. The third-order valence-corrected chi connectivity index (χ3v) is 11.5. The molecule has 1 saturated heterocycles. The number of ether oxygens (including phenoxy) is 2. The van der Waals surface area contributed by atoms with E-state index in [1.165, 1.54) is 22.9 Å². The van der Waals surface area contributed by atoms with Gasteiger partial charge in [-0.15, -0.1) is 0 Å². The predicted octanol–water partition coefficient (Wildman–Crippen LogP) is 9.28. The molecule has 8 nitrogen and oxygen atoms in total. The summed E-state index contributed by atoms with van der Waals surface area (Å²) in [6.07, 6.45) is 3.31. The molecule has 4 amide bonds. The highest BCUT2D eigenvalue weighted by molar-refractivity contribution is 6.39. The number of rotatable bonds is 8. The molecule has 0 saturated carbocycles. The van der Waals surface area contributed by atoms with Gasteiger partial charge < -0.3 is 14.4 Å². The molecule has 0 aromatic heterocycles. The number of fused-ring (bicyclic) bond motifs is 1. The van der Waals surface area contributed by atoms with Crippen LogP contribution in [-0.4, -0.2) is 38.0 Å². The molecule has 6 aromatic rings. The molecule has 0 unspecified atom stereocenters. The molecule has 9 rings (SSSR count). The largest absolute Gasteiger partial charge is 0.497 e. The van der Waals surface area contributed by atoms with Crippen molar-refractivity contribution in [3.63, 3.8) is 0 Å². The number of nitrogens with one attached hydrogen (secondary N) is 1. The normalized spacial score (nSPS) is 18.5. The number of urea groups is 1. The molecule has 3 aliphatic rings. The third-order valence-electron chi connectivity index (χ3n) is 11.5. The van der Waals surface area contributed by atoms with Crippen molar-refractivity contribution in [2.45, 2.75) is 38.2 Å². The van der Waals surface area contributed by atoms with Gasteiger partial charge in [0.1, 0.15) is 23.7 Å². The third kappa shape index (κ3) is 6.27. The second kappa shape index (κ2) is 14.5. The van der Waals surface area contributed by atoms with E-state index in [9.17, 15) is 14.4 Å². The molecule has 0 bridgehead atoms. The molecule has 1 N–H and O–H groups in total. The van der Waals surface area contributed by atoms with Crippen LogP contribution in [-0.2, 0) is 16.2 Å². The molecule has 8 heteroatoms. The lowest BCUT2D eigenvalue weighted by molar-refractivity contribution is -0.122. The zero-order valence-electron chi connectivity index (χ0n) is 31.3. The maximum absolute atomic E-state index is 14.6. The molecule has 1 fully saturated rings. The Morgan fingerprint density at radius 3 is 2.05 bits per heavy atom. The minimum absolute atomic E-state index is 0.0691. The first-order valence-electron chi connectivity index (χ1n) is 19.1. The van der Waals surface area contributed by atoms with Gasteiger partial charge in [-0.3, -0.25) is 14.9 Å². The van der Waals surface area contributed by atoms with Crippen LogP contribution in [0.25, 0.3) is 16.8 Å². The van der Waals surface area contributed by atoms with Gasteiger partial charge >= 0.3 is 6.03 Å². The van der Waals surface area contributed by atoms with E-state index in [2.05, 4.69) is 83.0 Å². The summed E-state index contributed by atoms with van der Waals surface area (Å²) in [7, 11) is 1.57. The number of aryl methyl sites for hydroxylation is 1. The number of hydrogen-bond donors (Lipinski definition) is 1. The molecule has 3 aliphatic heterocycles. The van der Waals surface area contributed by atoms with E-state index in [4.69, 9.17) is 9.47 Å². The molecular weight excluding hydrogens is 699 g/mol. The van der Waals surface area contributed by atoms with Gasteiger partial charge in [-0.25, -0.2) is 9.69 Å². The highest BCUT2D eigenvalue weighted by Crippen LogP contribution is 2.50. The smallest absolute Gasteiger partial charge is 0.335 e. The van der Waals surface area contributed by atoms with Gasteiger partial charge in [-0.2, -0.15) is 0 Å². The van der Waals surface area contributed by atoms with Crippen LogP contribution in [0.5, 0.6) is 11.5 Å². The number of carbonyl (C=O) groups is 3. The van der Waals surface area contributed by atoms with Gasteiger partial charge in [-0.1, -0.05) is 97.1 Å². The lowest BCUT2D eigenvalue weighted by Gasteiger charge is -2.44. The number of methoxy groups -OCH3 is 1. The van der Waals surface area contributed by atoms with E-state index in [1.807, 2.05) is 43.3 Å². The van der Waals surface area contributed by atoms with E-state index in [1.54, 1.807) is 25.3 Å². The topological polar surface area (TPSA) is 88.2 Å². The molecule has 2 atom stereocenters. The maximum atomic E-state index is 14.6. The van der Waals surface area contributed by atoms with Crippen LogP contribution >= 0.6 is 0 Å². The lowest BCUT2D eigenvalue weighted by Crippen LogP contribution is -2.54. The Morgan fingerprint density at radius 2 is 1.39 bits per heavy atom. The van der Waals surface area contributed by atoms with Crippen molar-refractivity contribution in [2.75, 3.05) is 30.0 Å².